The van der Waals surface area contributed by atoms with Crippen molar-refractivity contribution >= 4 is 18.2 Å². The van der Waals surface area contributed by atoms with Crippen molar-refractivity contribution in [3.63, 3.8) is 0 Å². The van der Waals surface area contributed by atoms with Gasteiger partial charge in [0.15, 0.2) is 0 Å². The first-order valence-corrected chi connectivity index (χ1v) is 4.75. The van der Waals surface area contributed by atoms with Gasteiger partial charge in [0.2, 0.25) is 0 Å². The van der Waals surface area contributed by atoms with Crippen LogP contribution in [0.15, 0.2) is 4.99 Å². The summed E-state index contributed by atoms with van der Waals surface area (Å²) >= 11 is 0. The second kappa shape index (κ2) is 4.82. The van der Waals surface area contributed by atoms with Crippen molar-refractivity contribution in [3.05, 3.63) is 0 Å². The zero-order valence-electron chi connectivity index (χ0n) is 8.03. The van der Waals surface area contributed by atoms with E-state index in [-0.39, 0.29) is 12.4 Å². The molecule has 0 aromatic heterocycles. The molecule has 0 bridgehead atoms. The van der Waals surface area contributed by atoms with Gasteiger partial charge in [-0.25, -0.2) is 0 Å². The van der Waals surface area contributed by atoms with E-state index >= 15 is 0 Å². The van der Waals surface area contributed by atoms with Gasteiger partial charge in [-0.1, -0.05) is 0 Å². The molecule has 4 heteroatoms. The van der Waals surface area contributed by atoms with Crippen LogP contribution in [0.2, 0.25) is 0 Å². The van der Waals surface area contributed by atoms with E-state index in [0.29, 0.717) is 6.10 Å². The summed E-state index contributed by atoms with van der Waals surface area (Å²) in [5.41, 5.74) is 0. The van der Waals surface area contributed by atoms with E-state index < -0.39 is 0 Å². The fourth-order valence-electron chi connectivity index (χ4n) is 1.87. The zero-order valence-corrected chi connectivity index (χ0v) is 8.85. The Balaban J connectivity index is 0.000000845. The minimum absolute atomic E-state index is 0. The Kier molecular flexibility index (Phi) is 4.00. The summed E-state index contributed by atoms with van der Waals surface area (Å²) in [4.78, 5) is 6.75. The highest BCUT2D eigenvalue weighted by molar-refractivity contribution is 5.87. The Morgan fingerprint density at radius 2 is 2.31 bits per heavy atom. The molecule has 2 aliphatic heterocycles. The first-order chi connectivity index (χ1) is 5.88. The summed E-state index contributed by atoms with van der Waals surface area (Å²) in [7, 11) is 2.11. The lowest BCUT2D eigenvalue weighted by Gasteiger charge is -2.28. The quantitative estimate of drug-likeness (QED) is 0.644. The van der Waals surface area contributed by atoms with Gasteiger partial charge in [-0.15, -0.1) is 12.4 Å². The maximum absolute atomic E-state index is 5.59. The second-order valence-corrected chi connectivity index (χ2v) is 3.52. The van der Waals surface area contributed by atoms with E-state index in [1.54, 1.807) is 0 Å². The minimum Gasteiger partial charge on any atom is -0.370 e. The van der Waals surface area contributed by atoms with Crippen molar-refractivity contribution in [2.24, 2.45) is 4.99 Å². The van der Waals surface area contributed by atoms with E-state index in [4.69, 9.17) is 4.74 Å². The average Bonchev–Trinajstić information content (AvgIpc) is 2.57. The Morgan fingerprint density at radius 3 is 2.92 bits per heavy atom. The summed E-state index contributed by atoms with van der Waals surface area (Å²) in [5, 5.41) is 0. The normalized spacial score (nSPS) is 28.2. The van der Waals surface area contributed by atoms with Crippen LogP contribution < -0.4 is 0 Å². The van der Waals surface area contributed by atoms with Crippen molar-refractivity contribution in [2.75, 3.05) is 26.7 Å². The van der Waals surface area contributed by atoms with Crippen LogP contribution in [0.25, 0.3) is 0 Å². The lowest BCUT2D eigenvalue weighted by Crippen LogP contribution is -2.39. The number of hydrogen-bond donors (Lipinski definition) is 0. The van der Waals surface area contributed by atoms with Crippen molar-refractivity contribution in [1.82, 2.24) is 4.90 Å². The van der Waals surface area contributed by atoms with Crippen LogP contribution in [-0.4, -0.2) is 43.6 Å². The summed E-state index contributed by atoms with van der Waals surface area (Å²) in [5.74, 6) is 1.18. The molecule has 0 aromatic rings. The third-order valence-corrected chi connectivity index (χ3v) is 2.53. The van der Waals surface area contributed by atoms with Crippen LogP contribution in [0.1, 0.15) is 19.3 Å². The molecule has 0 N–H and O–H groups in total. The number of nitrogens with zero attached hydrogens (tertiary/aromatic N) is 2. The number of amidine groups is 1. The third kappa shape index (κ3) is 2.35. The molecule has 1 fully saturated rings. The predicted molar refractivity (Wildman–Crippen MR) is 55.8 cm³/mol. The fourth-order valence-corrected chi connectivity index (χ4v) is 1.87. The molecule has 76 valence electrons. The molecule has 0 spiro atoms. The highest BCUT2D eigenvalue weighted by atomic mass is 35.5. The van der Waals surface area contributed by atoms with Gasteiger partial charge >= 0.3 is 0 Å². The predicted octanol–water partition coefficient (Wildman–Crippen LogP) is 1.32. The largest absolute Gasteiger partial charge is 0.370 e. The van der Waals surface area contributed by atoms with Crippen LogP contribution in [0.4, 0.5) is 0 Å². The fraction of sp³-hybridized carbons (Fsp3) is 0.889. The van der Waals surface area contributed by atoms with E-state index in [2.05, 4.69) is 16.9 Å². The summed E-state index contributed by atoms with van der Waals surface area (Å²) in [6.45, 7) is 3.04. The molecule has 0 aromatic carbocycles. The topological polar surface area (TPSA) is 24.8 Å². The number of aliphatic imine (C=N–C) groups is 1. The molecule has 1 saturated heterocycles. The Bertz CT molecular complexity index is 190. The molecule has 2 aliphatic rings. The molecule has 3 nitrogen and oxygen atoms in total. The Morgan fingerprint density at radius 1 is 1.46 bits per heavy atom. The highest BCUT2D eigenvalue weighted by Crippen LogP contribution is 2.17. The molecular formula is C9H17ClN2O. The van der Waals surface area contributed by atoms with Gasteiger partial charge in [-0.2, -0.15) is 0 Å². The van der Waals surface area contributed by atoms with Crippen LogP contribution in [0.3, 0.4) is 0 Å². The van der Waals surface area contributed by atoms with E-state index in [9.17, 15) is 0 Å². The SMILES string of the molecule is CN1CCCN=C1C1CCCO1.Cl. The van der Waals surface area contributed by atoms with E-state index in [0.717, 1.165) is 26.1 Å². The molecular weight excluding hydrogens is 188 g/mol. The third-order valence-electron chi connectivity index (χ3n) is 2.53. The van der Waals surface area contributed by atoms with Gasteiger partial charge in [0.25, 0.3) is 0 Å². The smallest absolute Gasteiger partial charge is 0.128 e. The van der Waals surface area contributed by atoms with Crippen LogP contribution in [0.5, 0.6) is 0 Å². The lowest BCUT2D eigenvalue weighted by atomic mass is 10.2. The van der Waals surface area contributed by atoms with Gasteiger partial charge in [-0.05, 0) is 19.3 Å². The Labute approximate surface area is 85.6 Å². The maximum Gasteiger partial charge on any atom is 0.128 e. The second-order valence-electron chi connectivity index (χ2n) is 3.52. The number of ether oxygens (including phenoxy) is 1. The molecule has 2 heterocycles. The zero-order chi connectivity index (χ0) is 8.39. The first-order valence-electron chi connectivity index (χ1n) is 4.75. The molecule has 2 rings (SSSR count). The van der Waals surface area contributed by atoms with Crippen LogP contribution in [-0.2, 0) is 4.74 Å². The molecule has 0 saturated carbocycles. The summed E-state index contributed by atoms with van der Waals surface area (Å²) in [6.07, 6.45) is 3.84. The highest BCUT2D eigenvalue weighted by Gasteiger charge is 2.25. The van der Waals surface area contributed by atoms with Crippen molar-refractivity contribution in [1.29, 1.82) is 0 Å². The van der Waals surface area contributed by atoms with Gasteiger partial charge in [0.05, 0.1) is 0 Å². The average molecular weight is 205 g/mol. The van der Waals surface area contributed by atoms with E-state index in [1.807, 2.05) is 0 Å². The van der Waals surface area contributed by atoms with Gasteiger partial charge in [0.1, 0.15) is 11.9 Å². The number of halogens is 1. The molecule has 13 heavy (non-hydrogen) atoms. The molecule has 1 unspecified atom stereocenters. The number of rotatable bonds is 1. The van der Waals surface area contributed by atoms with Gasteiger partial charge in [0, 0.05) is 26.7 Å². The number of likely N-dealkylation sites (N-methyl/N-ethyl adjacent to an activating group) is 1. The van der Waals surface area contributed by atoms with Crippen molar-refractivity contribution < 1.29 is 4.74 Å². The van der Waals surface area contributed by atoms with Gasteiger partial charge in [-0.3, -0.25) is 4.99 Å². The minimum atomic E-state index is 0. The molecule has 0 aliphatic carbocycles. The summed E-state index contributed by atoms with van der Waals surface area (Å²) in [6, 6.07) is 0. The molecule has 1 atom stereocenters. The van der Waals surface area contributed by atoms with Crippen molar-refractivity contribution in [2.45, 2.75) is 25.4 Å². The lowest BCUT2D eigenvalue weighted by molar-refractivity contribution is 0.147. The number of hydrogen-bond acceptors (Lipinski definition) is 3. The van der Waals surface area contributed by atoms with Gasteiger partial charge < -0.3 is 9.64 Å². The summed E-state index contributed by atoms with van der Waals surface area (Å²) < 4.78 is 5.59. The monoisotopic (exact) mass is 204 g/mol. The van der Waals surface area contributed by atoms with Crippen LogP contribution >= 0.6 is 12.4 Å². The maximum atomic E-state index is 5.59. The first kappa shape index (κ1) is 10.8. The Hall–Kier alpha value is -0.280. The van der Waals surface area contributed by atoms with Crippen LogP contribution in [0, 0.1) is 0 Å². The standard InChI is InChI=1S/C9H16N2O.ClH/c1-11-6-3-5-10-9(11)8-4-2-7-12-8;/h8H,2-7H2,1H3;1H. The van der Waals surface area contributed by atoms with E-state index in [1.165, 1.54) is 18.7 Å². The van der Waals surface area contributed by atoms with Crippen molar-refractivity contribution in [3.8, 4) is 0 Å². The molecule has 0 radical (unpaired) electrons. The molecule has 0 amide bonds.